The lowest BCUT2D eigenvalue weighted by molar-refractivity contribution is -0.135. The fourth-order valence-corrected chi connectivity index (χ4v) is 4.84. The van der Waals surface area contributed by atoms with E-state index in [4.69, 9.17) is 4.74 Å². The van der Waals surface area contributed by atoms with Crippen LogP contribution in [-0.4, -0.2) is 11.9 Å². The van der Waals surface area contributed by atoms with Crippen LogP contribution in [0.25, 0.3) is 0 Å². The molecule has 3 unspecified atom stereocenters. The Bertz CT molecular complexity index is 754. The predicted octanol–water partition coefficient (Wildman–Crippen LogP) is 4.73. The first kappa shape index (κ1) is 16.3. The number of rotatable bonds is 5. The van der Waals surface area contributed by atoms with Crippen LogP contribution >= 0.6 is 11.3 Å². The van der Waals surface area contributed by atoms with Gasteiger partial charge in [0.2, 0.25) is 0 Å². The van der Waals surface area contributed by atoms with Crippen molar-refractivity contribution >= 4 is 28.9 Å². The zero-order valence-corrected chi connectivity index (χ0v) is 14.8. The molecule has 130 valence electrons. The van der Waals surface area contributed by atoms with Gasteiger partial charge in [-0.05, 0) is 72.7 Å². The highest BCUT2D eigenvalue weighted by Gasteiger charge is 2.40. The summed E-state index contributed by atoms with van der Waals surface area (Å²) < 4.78 is 5.47. The van der Waals surface area contributed by atoms with Crippen molar-refractivity contribution in [3.63, 3.8) is 0 Å². The van der Waals surface area contributed by atoms with E-state index in [0.717, 1.165) is 11.8 Å². The van der Waals surface area contributed by atoms with E-state index in [1.807, 2.05) is 11.4 Å². The van der Waals surface area contributed by atoms with Crippen molar-refractivity contribution in [2.24, 2.45) is 17.8 Å². The van der Waals surface area contributed by atoms with Crippen LogP contribution in [0.3, 0.4) is 0 Å². The fourth-order valence-electron chi connectivity index (χ4n) is 4.22. The SMILES string of the molecule is O=C(CC1CC2CCC1C2)Oc1ccc(NC(=O)c2cccs2)cc1. The van der Waals surface area contributed by atoms with E-state index in [0.29, 0.717) is 28.7 Å². The van der Waals surface area contributed by atoms with Crippen LogP contribution in [-0.2, 0) is 4.79 Å². The molecule has 1 amide bonds. The topological polar surface area (TPSA) is 55.4 Å². The summed E-state index contributed by atoms with van der Waals surface area (Å²) in [6.45, 7) is 0. The number of hydrogen-bond acceptors (Lipinski definition) is 4. The van der Waals surface area contributed by atoms with Crippen molar-refractivity contribution in [3.05, 3.63) is 46.7 Å². The summed E-state index contributed by atoms with van der Waals surface area (Å²) in [7, 11) is 0. The zero-order chi connectivity index (χ0) is 17.2. The molecular weight excluding hydrogens is 334 g/mol. The average molecular weight is 355 g/mol. The molecule has 25 heavy (non-hydrogen) atoms. The van der Waals surface area contributed by atoms with Crippen LogP contribution in [0.2, 0.25) is 0 Å². The van der Waals surface area contributed by atoms with Gasteiger partial charge in [0.25, 0.3) is 5.91 Å². The Morgan fingerprint density at radius 3 is 2.60 bits per heavy atom. The van der Waals surface area contributed by atoms with Gasteiger partial charge < -0.3 is 10.1 Å². The first-order valence-electron chi connectivity index (χ1n) is 8.83. The maximum Gasteiger partial charge on any atom is 0.311 e. The molecule has 4 rings (SSSR count). The highest BCUT2D eigenvalue weighted by Crippen LogP contribution is 2.49. The van der Waals surface area contributed by atoms with Crippen molar-refractivity contribution < 1.29 is 14.3 Å². The van der Waals surface area contributed by atoms with E-state index in [-0.39, 0.29) is 11.9 Å². The van der Waals surface area contributed by atoms with Gasteiger partial charge >= 0.3 is 5.97 Å². The van der Waals surface area contributed by atoms with Crippen LogP contribution in [0.5, 0.6) is 5.75 Å². The summed E-state index contributed by atoms with van der Waals surface area (Å²) in [5.41, 5.74) is 0.686. The number of carbonyl (C=O) groups is 2. The van der Waals surface area contributed by atoms with Gasteiger partial charge in [-0.15, -0.1) is 11.3 Å². The van der Waals surface area contributed by atoms with Crippen LogP contribution < -0.4 is 10.1 Å². The minimum atomic E-state index is -0.145. The molecule has 2 saturated carbocycles. The van der Waals surface area contributed by atoms with E-state index >= 15 is 0 Å². The number of fused-ring (bicyclic) bond motifs is 2. The zero-order valence-electron chi connectivity index (χ0n) is 13.9. The molecule has 1 heterocycles. The number of esters is 1. The van der Waals surface area contributed by atoms with Gasteiger partial charge in [-0.3, -0.25) is 9.59 Å². The largest absolute Gasteiger partial charge is 0.427 e. The Balaban J connectivity index is 1.29. The molecule has 0 saturated heterocycles. The number of nitrogens with one attached hydrogen (secondary N) is 1. The molecule has 5 heteroatoms. The van der Waals surface area contributed by atoms with Crippen molar-refractivity contribution in [1.29, 1.82) is 0 Å². The van der Waals surface area contributed by atoms with Crippen molar-refractivity contribution in [1.82, 2.24) is 0 Å². The van der Waals surface area contributed by atoms with Crippen molar-refractivity contribution in [2.45, 2.75) is 32.1 Å². The maximum absolute atomic E-state index is 12.2. The van der Waals surface area contributed by atoms with Gasteiger partial charge in [0.1, 0.15) is 5.75 Å². The Morgan fingerprint density at radius 2 is 1.96 bits per heavy atom. The molecule has 2 aliphatic carbocycles. The molecule has 2 fully saturated rings. The second kappa shape index (κ2) is 7.00. The Hall–Kier alpha value is -2.14. The van der Waals surface area contributed by atoms with E-state index in [1.165, 1.54) is 37.0 Å². The number of amides is 1. The first-order chi connectivity index (χ1) is 12.2. The Kier molecular flexibility index (Phi) is 4.57. The van der Waals surface area contributed by atoms with Crippen LogP contribution in [0.1, 0.15) is 41.8 Å². The van der Waals surface area contributed by atoms with Gasteiger partial charge in [0.05, 0.1) is 4.88 Å². The lowest BCUT2D eigenvalue weighted by Crippen LogP contribution is -2.18. The second-order valence-electron chi connectivity index (χ2n) is 7.07. The van der Waals surface area contributed by atoms with E-state index in [1.54, 1.807) is 30.3 Å². The predicted molar refractivity (Wildman–Crippen MR) is 97.9 cm³/mol. The Morgan fingerprint density at radius 1 is 1.12 bits per heavy atom. The maximum atomic E-state index is 12.2. The molecule has 1 aromatic carbocycles. The molecule has 0 radical (unpaired) electrons. The molecule has 1 N–H and O–H groups in total. The summed E-state index contributed by atoms with van der Waals surface area (Å²) in [5, 5.41) is 4.70. The standard InChI is InChI=1S/C20H21NO3S/c22-19(12-15-11-13-3-4-14(15)10-13)24-17-7-5-16(6-8-17)21-20(23)18-2-1-9-25-18/h1-2,5-9,13-15H,3-4,10-12H2,(H,21,23). The van der Waals surface area contributed by atoms with Crippen molar-refractivity contribution in [3.8, 4) is 5.75 Å². The summed E-state index contributed by atoms with van der Waals surface area (Å²) in [6.07, 6.45) is 5.64. The molecule has 2 aromatic rings. The van der Waals surface area contributed by atoms with Crippen molar-refractivity contribution in [2.75, 3.05) is 5.32 Å². The molecule has 0 spiro atoms. The summed E-state index contributed by atoms with van der Waals surface area (Å²) in [6, 6.07) is 10.6. The number of thiophene rings is 1. The third kappa shape index (κ3) is 3.76. The molecular formula is C20H21NO3S. The van der Waals surface area contributed by atoms with E-state index < -0.39 is 0 Å². The van der Waals surface area contributed by atoms with Gasteiger partial charge in [0.15, 0.2) is 0 Å². The summed E-state index contributed by atoms with van der Waals surface area (Å²) >= 11 is 1.40. The van der Waals surface area contributed by atoms with Crippen LogP contribution in [0, 0.1) is 17.8 Å². The van der Waals surface area contributed by atoms with Gasteiger partial charge in [-0.2, -0.15) is 0 Å². The molecule has 1 aromatic heterocycles. The van der Waals surface area contributed by atoms with Gasteiger partial charge in [0, 0.05) is 12.1 Å². The fraction of sp³-hybridized carbons (Fsp3) is 0.400. The highest BCUT2D eigenvalue weighted by atomic mass is 32.1. The third-order valence-corrected chi connectivity index (χ3v) is 6.27. The van der Waals surface area contributed by atoms with Crippen LogP contribution in [0.4, 0.5) is 5.69 Å². The van der Waals surface area contributed by atoms with E-state index in [2.05, 4.69) is 5.32 Å². The van der Waals surface area contributed by atoms with Gasteiger partial charge in [-0.1, -0.05) is 12.5 Å². The lowest BCUT2D eigenvalue weighted by atomic mass is 9.86. The normalized spacial score (nSPS) is 24.2. The molecule has 4 nitrogen and oxygen atoms in total. The first-order valence-corrected chi connectivity index (χ1v) is 9.71. The molecule has 2 aliphatic rings. The minimum absolute atomic E-state index is 0.129. The van der Waals surface area contributed by atoms with Crippen LogP contribution in [0.15, 0.2) is 41.8 Å². The van der Waals surface area contributed by atoms with E-state index in [9.17, 15) is 9.59 Å². The number of hydrogen-bond donors (Lipinski definition) is 1. The number of ether oxygens (including phenoxy) is 1. The summed E-state index contributed by atoms with van der Waals surface area (Å²) in [4.78, 5) is 24.8. The monoisotopic (exact) mass is 355 g/mol. The smallest absolute Gasteiger partial charge is 0.311 e. The number of carbonyl (C=O) groups excluding carboxylic acids is 2. The highest BCUT2D eigenvalue weighted by molar-refractivity contribution is 7.12. The average Bonchev–Trinajstić information content (AvgIpc) is 3.34. The number of benzene rings is 1. The summed E-state index contributed by atoms with van der Waals surface area (Å²) in [5.74, 6) is 2.34. The minimum Gasteiger partial charge on any atom is -0.427 e. The number of anilines is 1. The Labute approximate surface area is 151 Å². The quantitative estimate of drug-likeness (QED) is 0.623. The van der Waals surface area contributed by atoms with Gasteiger partial charge in [-0.25, -0.2) is 0 Å². The third-order valence-electron chi connectivity index (χ3n) is 5.40. The molecule has 2 bridgehead atoms. The lowest BCUT2D eigenvalue weighted by Gasteiger charge is -2.20. The molecule has 3 atom stereocenters. The molecule has 0 aliphatic heterocycles. The second-order valence-corrected chi connectivity index (χ2v) is 8.02.